The summed E-state index contributed by atoms with van der Waals surface area (Å²) in [5, 5.41) is 0. The summed E-state index contributed by atoms with van der Waals surface area (Å²) in [6, 6.07) is 0. The van der Waals surface area contributed by atoms with E-state index in [0.29, 0.717) is 19.3 Å². The zero-order valence-electron chi connectivity index (χ0n) is 37.4. The van der Waals surface area contributed by atoms with Gasteiger partial charge >= 0.3 is 17.9 Å². The maximum Gasteiger partial charge on any atom is 0.306 e. The van der Waals surface area contributed by atoms with Crippen LogP contribution in [0, 0.1) is 5.92 Å². The Morgan fingerprint density at radius 2 is 0.600 bits per heavy atom. The molecular weight excluding hydrogens is 685 g/mol. The van der Waals surface area contributed by atoms with Crippen LogP contribution in [-0.4, -0.2) is 37.2 Å². The van der Waals surface area contributed by atoms with E-state index >= 15 is 0 Å². The van der Waals surface area contributed by atoms with Crippen molar-refractivity contribution in [1.82, 2.24) is 0 Å². The van der Waals surface area contributed by atoms with Gasteiger partial charge in [0.05, 0.1) is 0 Å². The fraction of sp³-hybridized carbons (Fsp3) is 0.939. The normalized spacial score (nSPS) is 11.9. The quantitative estimate of drug-likeness (QED) is 0.0348. The van der Waals surface area contributed by atoms with E-state index in [1.807, 2.05) is 0 Å². The number of hydrogen-bond acceptors (Lipinski definition) is 6. The predicted octanol–water partition coefficient (Wildman–Crippen LogP) is 15.5. The van der Waals surface area contributed by atoms with Crippen molar-refractivity contribution in [2.75, 3.05) is 13.2 Å². The molecule has 0 saturated carbocycles. The molecule has 0 N–H and O–H groups in total. The molecule has 326 valence electrons. The summed E-state index contributed by atoms with van der Waals surface area (Å²) < 4.78 is 16.7. The molecule has 0 aromatic carbocycles. The zero-order valence-corrected chi connectivity index (χ0v) is 37.4. The van der Waals surface area contributed by atoms with Gasteiger partial charge in [0.1, 0.15) is 13.2 Å². The van der Waals surface area contributed by atoms with E-state index in [2.05, 4.69) is 27.7 Å². The summed E-state index contributed by atoms with van der Waals surface area (Å²) in [6.07, 6.45) is 43.7. The molecule has 0 aromatic heterocycles. The van der Waals surface area contributed by atoms with E-state index in [0.717, 1.165) is 63.7 Å². The second-order valence-corrected chi connectivity index (χ2v) is 17.2. The zero-order chi connectivity index (χ0) is 40.3. The third-order valence-corrected chi connectivity index (χ3v) is 11.0. The van der Waals surface area contributed by atoms with Gasteiger partial charge in [-0.25, -0.2) is 0 Å². The van der Waals surface area contributed by atoms with Crippen LogP contribution in [-0.2, 0) is 28.6 Å². The Kier molecular flexibility index (Phi) is 42.3. The number of rotatable bonds is 44. The van der Waals surface area contributed by atoms with E-state index in [9.17, 15) is 14.4 Å². The molecule has 0 saturated heterocycles. The van der Waals surface area contributed by atoms with E-state index in [1.165, 1.54) is 167 Å². The monoisotopic (exact) mass is 779 g/mol. The summed E-state index contributed by atoms with van der Waals surface area (Å²) in [5.74, 6) is -0.00671. The van der Waals surface area contributed by atoms with Gasteiger partial charge < -0.3 is 14.2 Å². The molecular formula is C49H94O6. The third-order valence-electron chi connectivity index (χ3n) is 11.0. The Morgan fingerprint density at radius 3 is 0.891 bits per heavy atom. The first-order valence-electron chi connectivity index (χ1n) is 24.4. The average Bonchev–Trinajstić information content (AvgIpc) is 3.17. The van der Waals surface area contributed by atoms with Crippen molar-refractivity contribution < 1.29 is 28.6 Å². The van der Waals surface area contributed by atoms with Crippen molar-refractivity contribution in [1.29, 1.82) is 0 Å². The summed E-state index contributed by atoms with van der Waals surface area (Å²) in [7, 11) is 0. The molecule has 0 rings (SSSR count). The maximum atomic E-state index is 12.7. The molecule has 6 heteroatoms. The fourth-order valence-electron chi connectivity index (χ4n) is 7.33. The van der Waals surface area contributed by atoms with Crippen LogP contribution in [0.4, 0.5) is 0 Å². The van der Waals surface area contributed by atoms with E-state index in [-0.39, 0.29) is 31.1 Å². The fourth-order valence-corrected chi connectivity index (χ4v) is 7.33. The lowest BCUT2D eigenvalue weighted by Crippen LogP contribution is -2.30. The van der Waals surface area contributed by atoms with Crippen molar-refractivity contribution in [2.45, 2.75) is 278 Å². The smallest absolute Gasteiger partial charge is 0.306 e. The highest BCUT2D eigenvalue weighted by Gasteiger charge is 2.19. The summed E-state index contributed by atoms with van der Waals surface area (Å²) in [6.45, 7) is 9.00. The lowest BCUT2D eigenvalue weighted by atomic mass is 10.0. The second kappa shape index (κ2) is 43.5. The van der Waals surface area contributed by atoms with Gasteiger partial charge in [0.25, 0.3) is 0 Å². The molecule has 0 fully saturated rings. The number of unbranched alkanes of at least 4 members (excludes halogenated alkanes) is 31. The molecule has 0 aliphatic carbocycles. The van der Waals surface area contributed by atoms with Crippen LogP contribution in [0.3, 0.4) is 0 Å². The van der Waals surface area contributed by atoms with Crippen LogP contribution >= 0.6 is 0 Å². The standard InChI is InChI=1S/C49H94O6/c1-5-7-9-11-13-15-24-28-32-36-40-47(50)53-43-46(55-49(52)42-38-34-30-25-16-14-12-10-8-6-2)44-54-48(51)41-37-33-29-26-22-20-18-17-19-21-23-27-31-35-39-45(3)4/h45-46H,5-44H2,1-4H3/t46-/m0/s1. The highest BCUT2D eigenvalue weighted by Crippen LogP contribution is 2.17. The molecule has 0 aliphatic rings. The van der Waals surface area contributed by atoms with Gasteiger partial charge in [-0.2, -0.15) is 0 Å². The number of esters is 3. The molecule has 0 radical (unpaired) electrons. The summed E-state index contributed by atoms with van der Waals surface area (Å²) >= 11 is 0. The molecule has 1 atom stereocenters. The van der Waals surface area contributed by atoms with E-state index < -0.39 is 6.10 Å². The van der Waals surface area contributed by atoms with Crippen LogP contribution in [0.15, 0.2) is 0 Å². The molecule has 0 aliphatic heterocycles. The largest absolute Gasteiger partial charge is 0.462 e. The lowest BCUT2D eigenvalue weighted by molar-refractivity contribution is -0.167. The molecule has 55 heavy (non-hydrogen) atoms. The first-order valence-corrected chi connectivity index (χ1v) is 24.4. The average molecular weight is 779 g/mol. The minimum absolute atomic E-state index is 0.0632. The van der Waals surface area contributed by atoms with Crippen molar-refractivity contribution in [3.63, 3.8) is 0 Å². The van der Waals surface area contributed by atoms with Gasteiger partial charge in [-0.15, -0.1) is 0 Å². The summed E-state index contributed by atoms with van der Waals surface area (Å²) in [5.41, 5.74) is 0. The van der Waals surface area contributed by atoms with Gasteiger partial charge in [0.15, 0.2) is 6.10 Å². The Labute approximate surface area is 342 Å². The molecule has 0 bridgehead atoms. The summed E-state index contributed by atoms with van der Waals surface area (Å²) in [4.78, 5) is 37.7. The molecule has 0 unspecified atom stereocenters. The highest BCUT2D eigenvalue weighted by atomic mass is 16.6. The minimum Gasteiger partial charge on any atom is -0.462 e. The minimum atomic E-state index is -0.758. The van der Waals surface area contributed by atoms with Gasteiger partial charge in [-0.05, 0) is 25.2 Å². The lowest BCUT2D eigenvalue weighted by Gasteiger charge is -2.18. The molecule has 0 amide bonds. The number of hydrogen-bond donors (Lipinski definition) is 0. The first kappa shape index (κ1) is 53.4. The van der Waals surface area contributed by atoms with E-state index in [1.54, 1.807) is 0 Å². The van der Waals surface area contributed by atoms with Crippen LogP contribution in [0.5, 0.6) is 0 Å². The van der Waals surface area contributed by atoms with Crippen molar-refractivity contribution >= 4 is 17.9 Å². The Hall–Kier alpha value is -1.59. The number of carbonyl (C=O) groups excluding carboxylic acids is 3. The molecule has 0 spiro atoms. The van der Waals surface area contributed by atoms with Crippen LogP contribution in [0.1, 0.15) is 272 Å². The van der Waals surface area contributed by atoms with E-state index in [4.69, 9.17) is 14.2 Å². The van der Waals surface area contributed by atoms with Gasteiger partial charge in [0.2, 0.25) is 0 Å². The molecule has 0 heterocycles. The number of carbonyl (C=O) groups is 3. The SMILES string of the molecule is CCCCCCCCCCCCC(=O)OC[C@@H](COC(=O)CCCCCCCCCCCCCCCCC(C)C)OC(=O)CCCCCCCCCCCC. The number of ether oxygens (including phenoxy) is 3. The maximum absolute atomic E-state index is 12.7. The Balaban J connectivity index is 4.24. The van der Waals surface area contributed by atoms with Crippen molar-refractivity contribution in [3.8, 4) is 0 Å². The van der Waals surface area contributed by atoms with Gasteiger partial charge in [0, 0.05) is 19.3 Å². The second-order valence-electron chi connectivity index (χ2n) is 17.2. The van der Waals surface area contributed by atoms with Crippen molar-refractivity contribution in [2.24, 2.45) is 5.92 Å². The molecule has 0 aromatic rings. The van der Waals surface area contributed by atoms with Gasteiger partial charge in [-0.1, -0.05) is 233 Å². The first-order chi connectivity index (χ1) is 26.9. The van der Waals surface area contributed by atoms with Crippen LogP contribution < -0.4 is 0 Å². The molecule has 6 nitrogen and oxygen atoms in total. The van der Waals surface area contributed by atoms with Gasteiger partial charge in [-0.3, -0.25) is 14.4 Å². The Morgan fingerprint density at radius 1 is 0.345 bits per heavy atom. The van der Waals surface area contributed by atoms with Crippen LogP contribution in [0.25, 0.3) is 0 Å². The topological polar surface area (TPSA) is 78.9 Å². The highest BCUT2D eigenvalue weighted by molar-refractivity contribution is 5.71. The predicted molar refractivity (Wildman–Crippen MR) is 233 cm³/mol. The van der Waals surface area contributed by atoms with Crippen LogP contribution in [0.2, 0.25) is 0 Å². The third kappa shape index (κ3) is 43.4. The van der Waals surface area contributed by atoms with Crippen molar-refractivity contribution in [3.05, 3.63) is 0 Å². The Bertz CT molecular complexity index is 826.